The Morgan fingerprint density at radius 3 is 2.40 bits per heavy atom. The largest absolute Gasteiger partial charge is 0.345 e. The first-order valence-corrected chi connectivity index (χ1v) is 14.9. The van der Waals surface area contributed by atoms with Crippen LogP contribution in [0.25, 0.3) is 0 Å². The summed E-state index contributed by atoms with van der Waals surface area (Å²) in [5, 5.41) is 16.5. The van der Waals surface area contributed by atoms with Crippen molar-refractivity contribution in [3.8, 4) is 0 Å². The van der Waals surface area contributed by atoms with Crippen molar-refractivity contribution in [3.05, 3.63) is 65.5 Å². The molecule has 1 aromatic carbocycles. The molecule has 2 N–H and O–H groups in total. The molecule has 0 unspecified atom stereocenters. The first-order chi connectivity index (χ1) is 20.1. The van der Waals surface area contributed by atoms with E-state index in [4.69, 9.17) is 4.99 Å². The Bertz CT molecular complexity index is 1390. The van der Waals surface area contributed by atoms with E-state index < -0.39 is 5.66 Å². The molecule has 3 aromatic rings. The van der Waals surface area contributed by atoms with Crippen LogP contribution in [0.1, 0.15) is 106 Å². The molecule has 1 atom stereocenters. The minimum absolute atomic E-state index is 0.0753. The Kier molecular flexibility index (Phi) is 8.47. The molecule has 1 aliphatic carbocycles. The molecule has 1 saturated carbocycles. The van der Waals surface area contributed by atoms with E-state index in [0.717, 1.165) is 44.1 Å². The molecule has 2 amide bonds. The van der Waals surface area contributed by atoms with Crippen LogP contribution in [0.3, 0.4) is 0 Å². The highest BCUT2D eigenvalue weighted by molar-refractivity contribution is 6.46. The number of carbonyl (C=O) groups excluding carboxylic acids is 2. The Hall–Kier alpha value is -4.02. The fourth-order valence-electron chi connectivity index (χ4n) is 6.17. The molecule has 1 aliphatic heterocycles. The second-order valence-electron chi connectivity index (χ2n) is 13.1. The number of hydrogen-bond acceptors (Lipinski definition) is 8. The summed E-state index contributed by atoms with van der Waals surface area (Å²) in [5.74, 6) is 1.31. The number of nitrogens with one attached hydrogen (secondary N) is 2. The summed E-state index contributed by atoms with van der Waals surface area (Å²) in [4.78, 5) is 42.8. The molecule has 1 spiro atoms. The molecule has 11 heteroatoms. The van der Waals surface area contributed by atoms with Crippen molar-refractivity contribution in [3.63, 3.8) is 0 Å². The molecular weight excluding hydrogens is 530 g/mol. The number of aliphatic imine (C=N–C) groups is 1. The van der Waals surface area contributed by atoms with Gasteiger partial charge >= 0.3 is 0 Å². The molecule has 0 saturated heterocycles. The van der Waals surface area contributed by atoms with E-state index >= 15 is 0 Å². The van der Waals surface area contributed by atoms with Gasteiger partial charge in [0.1, 0.15) is 17.7 Å². The fraction of sp³-hybridized carbons (Fsp3) is 0.548. The molecule has 11 nitrogen and oxygen atoms in total. The van der Waals surface area contributed by atoms with Crippen molar-refractivity contribution in [2.75, 3.05) is 0 Å². The number of hydrogen-bond donors (Lipinski definition) is 2. The topological polar surface area (TPSA) is 142 Å². The zero-order valence-corrected chi connectivity index (χ0v) is 25.2. The number of amides is 2. The maximum Gasteiger partial charge on any atom is 0.275 e. The summed E-state index contributed by atoms with van der Waals surface area (Å²) in [5.41, 5.74) is 2.07. The lowest BCUT2D eigenvalue weighted by Gasteiger charge is -2.46. The highest BCUT2D eigenvalue weighted by Crippen LogP contribution is 2.48. The predicted molar refractivity (Wildman–Crippen MR) is 158 cm³/mol. The second-order valence-corrected chi connectivity index (χ2v) is 13.1. The van der Waals surface area contributed by atoms with Crippen molar-refractivity contribution in [2.24, 2.45) is 22.2 Å². The van der Waals surface area contributed by atoms with Crippen LogP contribution in [-0.4, -0.2) is 58.7 Å². The van der Waals surface area contributed by atoms with Gasteiger partial charge in [0.2, 0.25) is 0 Å². The molecule has 0 radical (unpaired) electrons. The van der Waals surface area contributed by atoms with E-state index in [-0.39, 0.29) is 29.8 Å². The average molecular weight is 572 g/mol. The number of aromatic amines is 1. The van der Waals surface area contributed by atoms with Crippen molar-refractivity contribution in [1.82, 2.24) is 40.8 Å². The van der Waals surface area contributed by atoms with Crippen molar-refractivity contribution < 1.29 is 9.59 Å². The van der Waals surface area contributed by atoms with Gasteiger partial charge in [0.05, 0.1) is 12.6 Å². The quantitative estimate of drug-likeness (QED) is 0.380. The van der Waals surface area contributed by atoms with Gasteiger partial charge in [-0.25, -0.2) is 9.97 Å². The third kappa shape index (κ3) is 6.39. The normalized spacial score (nSPS) is 21.6. The summed E-state index contributed by atoms with van der Waals surface area (Å²) >= 11 is 0. The lowest BCUT2D eigenvalue weighted by molar-refractivity contribution is -0.133. The SMILES string of the molecule is CC(C)C1CCC2(CC1)N=C(c1cncnc1)C(=O)N2[C@H](CCC(C)(C)C)c1ccc(C(=O)NCc2nn[nH]n2)cc1. The number of H-pyrrole nitrogens is 1. The van der Waals surface area contributed by atoms with E-state index in [1.54, 1.807) is 12.4 Å². The molecule has 42 heavy (non-hydrogen) atoms. The zero-order chi connectivity index (χ0) is 29.9. The number of tetrazole rings is 1. The van der Waals surface area contributed by atoms with Crippen molar-refractivity contribution in [1.29, 1.82) is 0 Å². The molecule has 2 aromatic heterocycles. The predicted octanol–water partition coefficient (Wildman–Crippen LogP) is 4.66. The lowest BCUT2D eigenvalue weighted by Crippen LogP contribution is -2.51. The first-order valence-electron chi connectivity index (χ1n) is 14.9. The maximum atomic E-state index is 14.4. The average Bonchev–Trinajstić information content (AvgIpc) is 3.59. The number of aromatic nitrogens is 6. The van der Waals surface area contributed by atoms with Gasteiger partial charge in [0.15, 0.2) is 5.82 Å². The van der Waals surface area contributed by atoms with E-state index in [0.29, 0.717) is 34.5 Å². The van der Waals surface area contributed by atoms with Crippen molar-refractivity contribution in [2.45, 2.75) is 91.4 Å². The van der Waals surface area contributed by atoms with Crippen LogP contribution in [0, 0.1) is 17.3 Å². The van der Waals surface area contributed by atoms with Gasteiger partial charge in [0, 0.05) is 23.5 Å². The standard InChI is InChI=1S/C31H41N9O2/c1-20(2)21-10-14-31(15-11-21)35-27(24-16-32-19-33-17-24)29(42)40(31)25(12-13-30(3,4)5)22-6-8-23(9-7-22)28(41)34-18-26-36-38-39-37-26/h6-9,16-17,19-21,25H,10-15,18H2,1-5H3,(H,34,41)(H,36,37,38,39)/t21?,25-,31?/m1/s1. The number of nitrogens with zero attached hydrogens (tertiary/aromatic N) is 7. The van der Waals surface area contributed by atoms with Crippen LogP contribution in [0.2, 0.25) is 0 Å². The third-order valence-corrected chi connectivity index (χ3v) is 8.63. The van der Waals surface area contributed by atoms with Crippen LogP contribution < -0.4 is 5.32 Å². The molecule has 3 heterocycles. The smallest absolute Gasteiger partial charge is 0.275 e. The monoisotopic (exact) mass is 571 g/mol. The van der Waals surface area contributed by atoms with Gasteiger partial charge in [-0.05, 0) is 73.5 Å². The second kappa shape index (κ2) is 12.1. The summed E-state index contributed by atoms with van der Waals surface area (Å²) in [6, 6.07) is 7.39. The Morgan fingerprint density at radius 1 is 1.12 bits per heavy atom. The molecule has 5 rings (SSSR count). The van der Waals surface area contributed by atoms with Gasteiger partial charge in [-0.3, -0.25) is 14.6 Å². The molecule has 222 valence electrons. The minimum atomic E-state index is -0.614. The zero-order valence-electron chi connectivity index (χ0n) is 25.2. The van der Waals surface area contributed by atoms with Crippen LogP contribution in [0.15, 0.2) is 48.0 Å². The Labute approximate surface area is 247 Å². The summed E-state index contributed by atoms with van der Waals surface area (Å²) in [6.45, 7) is 11.4. The third-order valence-electron chi connectivity index (χ3n) is 8.63. The van der Waals surface area contributed by atoms with Crippen LogP contribution in [-0.2, 0) is 11.3 Å². The van der Waals surface area contributed by atoms with Gasteiger partial charge in [0.25, 0.3) is 11.8 Å². The highest BCUT2D eigenvalue weighted by Gasteiger charge is 2.52. The minimum Gasteiger partial charge on any atom is -0.345 e. The highest BCUT2D eigenvalue weighted by atomic mass is 16.2. The molecule has 0 bridgehead atoms. The van der Waals surface area contributed by atoms with Crippen LogP contribution >= 0.6 is 0 Å². The summed E-state index contributed by atoms with van der Waals surface area (Å²) < 4.78 is 0. The first kappa shape index (κ1) is 29.5. The fourth-order valence-corrected chi connectivity index (χ4v) is 6.17. The van der Waals surface area contributed by atoms with Crippen molar-refractivity contribution >= 4 is 17.5 Å². The van der Waals surface area contributed by atoms with E-state index in [1.165, 1.54) is 6.33 Å². The van der Waals surface area contributed by atoms with Gasteiger partial charge < -0.3 is 10.2 Å². The van der Waals surface area contributed by atoms with Gasteiger partial charge in [-0.2, -0.15) is 5.21 Å². The van der Waals surface area contributed by atoms with E-state index in [2.05, 4.69) is 75.4 Å². The number of rotatable bonds is 9. The molecule has 1 fully saturated rings. The van der Waals surface area contributed by atoms with E-state index in [1.807, 2.05) is 24.3 Å². The summed E-state index contributed by atoms with van der Waals surface area (Å²) in [7, 11) is 0. The lowest BCUT2D eigenvalue weighted by atomic mass is 9.75. The molecule has 2 aliphatic rings. The number of carbonyl (C=O) groups is 2. The Morgan fingerprint density at radius 2 is 1.81 bits per heavy atom. The number of benzene rings is 1. The van der Waals surface area contributed by atoms with E-state index in [9.17, 15) is 9.59 Å². The van der Waals surface area contributed by atoms with Gasteiger partial charge in [-0.15, -0.1) is 10.2 Å². The van der Waals surface area contributed by atoms with Crippen LogP contribution in [0.4, 0.5) is 0 Å². The van der Waals surface area contributed by atoms with Gasteiger partial charge in [-0.1, -0.05) is 52.0 Å². The van der Waals surface area contributed by atoms with Crippen LogP contribution in [0.5, 0.6) is 0 Å². The maximum absolute atomic E-state index is 14.4. The Balaban J connectivity index is 1.47. The molecular formula is C31H41N9O2. The summed E-state index contributed by atoms with van der Waals surface area (Å²) in [6.07, 6.45) is 10.2.